The number of anilines is 2. The van der Waals surface area contributed by atoms with Crippen LogP contribution in [-0.4, -0.2) is 40.1 Å². The molecule has 10 nitrogen and oxygen atoms in total. The number of carboxylic acid groups (broad SMARTS) is 1. The number of hydrogen-bond acceptors (Lipinski definition) is 6. The molecular formula is C27H35N5O5. The van der Waals surface area contributed by atoms with Crippen molar-refractivity contribution in [3.05, 3.63) is 65.5 Å². The van der Waals surface area contributed by atoms with E-state index < -0.39 is 12.0 Å². The molecule has 1 aliphatic rings. The van der Waals surface area contributed by atoms with Crippen molar-refractivity contribution < 1.29 is 24.3 Å². The molecule has 0 saturated carbocycles. The minimum atomic E-state index is -0.827. The van der Waals surface area contributed by atoms with Crippen molar-refractivity contribution in [3.63, 3.8) is 0 Å². The predicted molar refractivity (Wildman–Crippen MR) is 141 cm³/mol. The Balaban J connectivity index is 1.52. The third kappa shape index (κ3) is 9.23. The summed E-state index contributed by atoms with van der Waals surface area (Å²) in [6.45, 7) is 6.02. The molecule has 3 amide bonds. The Hall–Kier alpha value is -3.92. The van der Waals surface area contributed by atoms with E-state index in [9.17, 15) is 14.4 Å². The van der Waals surface area contributed by atoms with Crippen LogP contribution in [0.15, 0.2) is 54.4 Å². The second kappa shape index (κ2) is 13.4. The number of carboxylic acids is 1. The fourth-order valence-electron chi connectivity index (χ4n) is 3.95. The highest BCUT2D eigenvalue weighted by molar-refractivity contribution is 5.99. The molecule has 1 aromatic heterocycles. The van der Waals surface area contributed by atoms with E-state index in [0.29, 0.717) is 30.3 Å². The molecule has 0 aliphatic carbocycles. The van der Waals surface area contributed by atoms with Gasteiger partial charge in [0.2, 0.25) is 5.91 Å². The molecule has 2 unspecified atom stereocenters. The van der Waals surface area contributed by atoms with Crippen LogP contribution in [0, 0.1) is 12.8 Å². The Kier molecular flexibility index (Phi) is 10.0. The summed E-state index contributed by atoms with van der Waals surface area (Å²) in [5.74, 6) is -0.128. The van der Waals surface area contributed by atoms with Gasteiger partial charge in [-0.15, -0.1) is 0 Å². The summed E-state index contributed by atoms with van der Waals surface area (Å²) in [7, 11) is 0. The molecule has 0 fully saturated rings. The SMILES string of the molecule is Cc1cccnc1NC(=O)Nc1ccc(CC(=O)NC(CC(C)C)C2=CC(CCCC(=O)O)ON2)cc1. The molecule has 10 heteroatoms. The number of urea groups is 1. The van der Waals surface area contributed by atoms with Crippen molar-refractivity contribution in [1.29, 1.82) is 0 Å². The highest BCUT2D eigenvalue weighted by Gasteiger charge is 2.25. The Bertz CT molecular complexity index is 1120. The number of aromatic nitrogens is 1. The van der Waals surface area contributed by atoms with E-state index in [-0.39, 0.29) is 30.9 Å². The number of aryl methyl sites for hydroxylation is 1. The molecule has 1 aromatic carbocycles. The summed E-state index contributed by atoms with van der Waals surface area (Å²) in [6.07, 6.45) is 5.42. The Morgan fingerprint density at radius 1 is 1.14 bits per heavy atom. The molecular weight excluding hydrogens is 474 g/mol. The van der Waals surface area contributed by atoms with E-state index in [1.807, 2.05) is 19.1 Å². The van der Waals surface area contributed by atoms with Gasteiger partial charge in [0.25, 0.3) is 0 Å². The third-order valence-electron chi connectivity index (χ3n) is 5.81. The fourth-order valence-corrected chi connectivity index (χ4v) is 3.95. The second-order valence-corrected chi connectivity index (χ2v) is 9.54. The summed E-state index contributed by atoms with van der Waals surface area (Å²) in [4.78, 5) is 45.6. The van der Waals surface area contributed by atoms with E-state index in [2.05, 4.69) is 40.3 Å². The molecule has 0 bridgehead atoms. The highest BCUT2D eigenvalue weighted by Crippen LogP contribution is 2.20. The number of carbonyl (C=O) groups is 3. The highest BCUT2D eigenvalue weighted by atomic mass is 16.7. The van der Waals surface area contributed by atoms with Gasteiger partial charge in [0.05, 0.1) is 18.2 Å². The number of benzene rings is 1. The minimum Gasteiger partial charge on any atom is -0.481 e. The van der Waals surface area contributed by atoms with Crippen LogP contribution in [0.25, 0.3) is 0 Å². The van der Waals surface area contributed by atoms with Crippen molar-refractivity contribution in [2.45, 2.75) is 65.0 Å². The number of nitrogens with zero attached hydrogens (tertiary/aromatic N) is 1. The molecule has 37 heavy (non-hydrogen) atoms. The van der Waals surface area contributed by atoms with Gasteiger partial charge in [0, 0.05) is 18.3 Å². The van der Waals surface area contributed by atoms with Gasteiger partial charge < -0.3 is 15.7 Å². The fraction of sp³-hybridized carbons (Fsp3) is 0.407. The summed E-state index contributed by atoms with van der Waals surface area (Å²) >= 11 is 0. The van der Waals surface area contributed by atoms with Crippen LogP contribution in [-0.2, 0) is 20.8 Å². The Morgan fingerprint density at radius 3 is 2.57 bits per heavy atom. The zero-order chi connectivity index (χ0) is 26.8. The monoisotopic (exact) mass is 509 g/mol. The van der Waals surface area contributed by atoms with Crippen LogP contribution < -0.4 is 21.4 Å². The maximum atomic E-state index is 12.8. The third-order valence-corrected chi connectivity index (χ3v) is 5.81. The average Bonchev–Trinajstić information content (AvgIpc) is 3.30. The lowest BCUT2D eigenvalue weighted by Gasteiger charge is -2.21. The standard InChI is InChI=1S/C27H35N5O5/c1-17(2)14-22(23-16-21(37-32-23)7-4-8-25(34)35)30-24(33)15-19-9-11-20(12-10-19)29-27(36)31-26-18(3)6-5-13-28-26/h5-6,9-13,16-17,21-22,32H,4,7-8,14-15H2,1-3H3,(H,30,33)(H,34,35)(H2,28,29,31,36). The van der Waals surface area contributed by atoms with Gasteiger partial charge in [-0.25, -0.2) is 9.78 Å². The summed E-state index contributed by atoms with van der Waals surface area (Å²) in [5, 5.41) is 17.4. The van der Waals surface area contributed by atoms with E-state index >= 15 is 0 Å². The maximum Gasteiger partial charge on any atom is 0.324 e. The molecule has 5 N–H and O–H groups in total. The number of pyridine rings is 1. The van der Waals surface area contributed by atoms with E-state index in [0.717, 1.165) is 23.2 Å². The molecule has 0 spiro atoms. The van der Waals surface area contributed by atoms with Gasteiger partial charge in [-0.2, -0.15) is 0 Å². The Morgan fingerprint density at radius 2 is 1.89 bits per heavy atom. The number of hydroxylamine groups is 1. The van der Waals surface area contributed by atoms with Crippen LogP contribution in [0.5, 0.6) is 0 Å². The number of hydrogen-bond donors (Lipinski definition) is 5. The van der Waals surface area contributed by atoms with Gasteiger partial charge in [-0.3, -0.25) is 25.2 Å². The molecule has 2 heterocycles. The van der Waals surface area contributed by atoms with Gasteiger partial charge in [0.15, 0.2) is 0 Å². The first-order valence-electron chi connectivity index (χ1n) is 12.4. The zero-order valence-electron chi connectivity index (χ0n) is 21.4. The quantitative estimate of drug-likeness (QED) is 0.289. The van der Waals surface area contributed by atoms with Gasteiger partial charge in [-0.05, 0) is 67.5 Å². The van der Waals surface area contributed by atoms with Crippen molar-refractivity contribution in [2.75, 3.05) is 10.6 Å². The first-order valence-corrected chi connectivity index (χ1v) is 12.4. The smallest absolute Gasteiger partial charge is 0.324 e. The number of carbonyl (C=O) groups excluding carboxylic acids is 2. The van der Waals surface area contributed by atoms with Crippen molar-refractivity contribution >= 4 is 29.4 Å². The largest absolute Gasteiger partial charge is 0.481 e. The molecule has 2 atom stereocenters. The van der Waals surface area contributed by atoms with Crippen LogP contribution in [0.2, 0.25) is 0 Å². The molecule has 198 valence electrons. The number of nitrogens with one attached hydrogen (secondary N) is 4. The number of rotatable bonds is 12. The summed E-state index contributed by atoms with van der Waals surface area (Å²) in [5.41, 5.74) is 5.97. The number of aliphatic carboxylic acids is 1. The predicted octanol–water partition coefficient (Wildman–Crippen LogP) is 4.15. The summed E-state index contributed by atoms with van der Waals surface area (Å²) < 4.78 is 0. The molecule has 1 aliphatic heterocycles. The van der Waals surface area contributed by atoms with E-state index in [1.165, 1.54) is 0 Å². The zero-order valence-corrected chi connectivity index (χ0v) is 21.4. The van der Waals surface area contributed by atoms with Crippen molar-refractivity contribution in [1.82, 2.24) is 15.8 Å². The first-order chi connectivity index (χ1) is 17.7. The molecule has 2 aromatic rings. The van der Waals surface area contributed by atoms with Crippen LogP contribution >= 0.6 is 0 Å². The van der Waals surface area contributed by atoms with Gasteiger partial charge >= 0.3 is 12.0 Å². The van der Waals surface area contributed by atoms with Crippen LogP contribution in [0.3, 0.4) is 0 Å². The van der Waals surface area contributed by atoms with E-state index in [4.69, 9.17) is 9.94 Å². The van der Waals surface area contributed by atoms with Gasteiger partial charge in [0.1, 0.15) is 11.9 Å². The normalized spacial score (nSPS) is 15.5. The van der Waals surface area contributed by atoms with Crippen molar-refractivity contribution in [2.24, 2.45) is 5.92 Å². The second-order valence-electron chi connectivity index (χ2n) is 9.54. The summed E-state index contributed by atoms with van der Waals surface area (Å²) in [6, 6.07) is 10.1. The van der Waals surface area contributed by atoms with Crippen LogP contribution in [0.4, 0.5) is 16.3 Å². The topological polar surface area (TPSA) is 142 Å². The first kappa shape index (κ1) is 27.7. The van der Waals surface area contributed by atoms with Crippen LogP contribution in [0.1, 0.15) is 50.7 Å². The maximum absolute atomic E-state index is 12.8. The minimum absolute atomic E-state index is 0.0953. The lowest BCUT2D eigenvalue weighted by molar-refractivity contribution is -0.137. The Labute approximate surface area is 216 Å². The van der Waals surface area contributed by atoms with E-state index in [1.54, 1.807) is 36.5 Å². The lowest BCUT2D eigenvalue weighted by Crippen LogP contribution is -2.40. The average molecular weight is 510 g/mol. The molecule has 0 radical (unpaired) electrons. The molecule has 3 rings (SSSR count). The molecule has 0 saturated heterocycles. The number of amides is 3. The lowest BCUT2D eigenvalue weighted by atomic mass is 9.99. The van der Waals surface area contributed by atoms with Crippen molar-refractivity contribution in [3.8, 4) is 0 Å². The van der Waals surface area contributed by atoms with Gasteiger partial charge in [-0.1, -0.05) is 32.0 Å².